The van der Waals surface area contributed by atoms with E-state index in [1.165, 1.54) is 11.7 Å². The molecular weight excluding hydrogens is 298 g/mol. The topological polar surface area (TPSA) is 103 Å². The smallest absolute Gasteiger partial charge is 0.260 e. The zero-order valence-electron chi connectivity index (χ0n) is 9.01. The first-order valence-electron chi connectivity index (χ1n) is 4.65. The fourth-order valence-electron chi connectivity index (χ4n) is 1.10. The van der Waals surface area contributed by atoms with Gasteiger partial charge < -0.3 is 5.73 Å². The number of nitrogens with zero attached hydrogens (tertiary/aromatic N) is 3. The largest absolute Gasteiger partial charge is 0.328 e. The fourth-order valence-corrected chi connectivity index (χ4v) is 3.23. The summed E-state index contributed by atoms with van der Waals surface area (Å²) in [4.78, 5) is 0. The monoisotopic (exact) mass is 311 g/mol. The van der Waals surface area contributed by atoms with E-state index in [1.807, 2.05) is 6.92 Å². The molecule has 0 radical (unpaired) electrons. The van der Waals surface area contributed by atoms with Gasteiger partial charge in [0.15, 0.2) is 4.60 Å². The third-order valence-electron chi connectivity index (χ3n) is 1.88. The van der Waals surface area contributed by atoms with Crippen LogP contribution in [0.4, 0.5) is 0 Å². The van der Waals surface area contributed by atoms with Gasteiger partial charge >= 0.3 is 0 Å². The van der Waals surface area contributed by atoms with Crippen LogP contribution < -0.4 is 10.5 Å². The number of rotatable bonds is 5. The summed E-state index contributed by atoms with van der Waals surface area (Å²) in [6.07, 6.45) is 0.572. The molecule has 1 aromatic heterocycles. The Morgan fingerprint density at radius 1 is 1.62 bits per heavy atom. The summed E-state index contributed by atoms with van der Waals surface area (Å²) in [6.45, 7) is 2.10. The van der Waals surface area contributed by atoms with Crippen LogP contribution in [0.1, 0.15) is 13.3 Å². The van der Waals surface area contributed by atoms with Crippen LogP contribution in [0.5, 0.6) is 0 Å². The molecule has 0 spiro atoms. The summed E-state index contributed by atoms with van der Waals surface area (Å²) in [5.41, 5.74) is 5.53. The van der Waals surface area contributed by atoms with Crippen LogP contribution in [0.2, 0.25) is 0 Å². The highest BCUT2D eigenvalue weighted by Crippen LogP contribution is 2.17. The molecular formula is C7H14BrN5O2S. The van der Waals surface area contributed by atoms with E-state index in [4.69, 9.17) is 5.73 Å². The van der Waals surface area contributed by atoms with Gasteiger partial charge in [0, 0.05) is 19.6 Å². The van der Waals surface area contributed by atoms with Gasteiger partial charge in [0.25, 0.3) is 10.0 Å². The summed E-state index contributed by atoms with van der Waals surface area (Å²) in [5.74, 6) is 0. The van der Waals surface area contributed by atoms with Gasteiger partial charge in [-0.15, -0.1) is 5.10 Å². The van der Waals surface area contributed by atoms with Crippen molar-refractivity contribution in [3.05, 3.63) is 4.60 Å². The first-order valence-corrected chi connectivity index (χ1v) is 6.92. The molecule has 0 saturated carbocycles. The summed E-state index contributed by atoms with van der Waals surface area (Å²) in [6, 6.07) is -0.0456. The van der Waals surface area contributed by atoms with Gasteiger partial charge in [-0.2, -0.15) is 0 Å². The van der Waals surface area contributed by atoms with Crippen molar-refractivity contribution < 1.29 is 8.42 Å². The molecule has 0 aromatic carbocycles. The molecule has 92 valence electrons. The molecule has 16 heavy (non-hydrogen) atoms. The van der Waals surface area contributed by atoms with Crippen LogP contribution in [0, 0.1) is 0 Å². The number of nitrogens with one attached hydrogen (secondary N) is 1. The normalized spacial score (nSPS) is 14.0. The van der Waals surface area contributed by atoms with Gasteiger partial charge in [-0.3, -0.25) is 0 Å². The van der Waals surface area contributed by atoms with Crippen molar-refractivity contribution in [2.75, 3.05) is 6.54 Å². The molecule has 1 atom stereocenters. The van der Waals surface area contributed by atoms with Crippen molar-refractivity contribution in [3.63, 3.8) is 0 Å². The Hall–Kier alpha value is -0.510. The minimum Gasteiger partial charge on any atom is -0.328 e. The highest BCUT2D eigenvalue weighted by molar-refractivity contribution is 9.10. The molecule has 1 rings (SSSR count). The van der Waals surface area contributed by atoms with E-state index < -0.39 is 10.0 Å². The van der Waals surface area contributed by atoms with Crippen LogP contribution in [0.3, 0.4) is 0 Å². The lowest BCUT2D eigenvalue weighted by atomic mass is 10.3. The molecule has 1 heterocycles. The zero-order valence-corrected chi connectivity index (χ0v) is 11.4. The van der Waals surface area contributed by atoms with Crippen molar-refractivity contribution in [1.29, 1.82) is 0 Å². The number of hydrogen-bond donors (Lipinski definition) is 2. The third kappa shape index (κ3) is 3.24. The lowest BCUT2D eigenvalue weighted by Gasteiger charge is -2.08. The van der Waals surface area contributed by atoms with Gasteiger partial charge in [-0.05, 0) is 29.3 Å². The molecule has 3 N–H and O–H groups in total. The van der Waals surface area contributed by atoms with E-state index >= 15 is 0 Å². The number of aryl methyl sites for hydroxylation is 1. The number of hydrogen-bond acceptors (Lipinski definition) is 5. The van der Waals surface area contributed by atoms with Crippen LogP contribution >= 0.6 is 15.9 Å². The maximum absolute atomic E-state index is 11.8. The summed E-state index contributed by atoms with van der Waals surface area (Å²) >= 11 is 3.04. The maximum atomic E-state index is 11.8. The van der Waals surface area contributed by atoms with Crippen LogP contribution in [0.15, 0.2) is 9.63 Å². The van der Waals surface area contributed by atoms with Crippen molar-refractivity contribution in [1.82, 2.24) is 19.7 Å². The predicted octanol–water partition coefficient (Wildman–Crippen LogP) is -0.407. The standard InChI is InChI=1S/C7H14BrN5O2S/c1-5(9)3-4-10-16(14,15)7-6(8)11-12-13(7)2/h5,10H,3-4,9H2,1-2H3. The van der Waals surface area contributed by atoms with E-state index in [0.29, 0.717) is 6.42 Å². The summed E-state index contributed by atoms with van der Waals surface area (Å²) < 4.78 is 27.5. The molecule has 0 fully saturated rings. The van der Waals surface area contributed by atoms with Crippen LogP contribution in [-0.2, 0) is 17.1 Å². The van der Waals surface area contributed by atoms with Gasteiger partial charge in [0.05, 0.1) is 0 Å². The van der Waals surface area contributed by atoms with E-state index in [0.717, 1.165) is 0 Å². The molecule has 1 unspecified atom stereocenters. The van der Waals surface area contributed by atoms with Gasteiger partial charge in [-0.1, -0.05) is 5.21 Å². The molecule has 1 aromatic rings. The fraction of sp³-hybridized carbons (Fsp3) is 0.714. The third-order valence-corrected chi connectivity index (χ3v) is 4.23. The molecule has 0 aliphatic heterocycles. The highest BCUT2D eigenvalue weighted by Gasteiger charge is 2.23. The van der Waals surface area contributed by atoms with E-state index in [2.05, 4.69) is 31.0 Å². The lowest BCUT2D eigenvalue weighted by molar-refractivity contribution is 0.553. The number of halogens is 1. The van der Waals surface area contributed by atoms with Crippen molar-refractivity contribution in [2.24, 2.45) is 12.8 Å². The minimum atomic E-state index is -3.59. The Kier molecular flexibility index (Phi) is 4.42. The van der Waals surface area contributed by atoms with E-state index in [1.54, 1.807) is 0 Å². The van der Waals surface area contributed by atoms with Gasteiger partial charge in [-0.25, -0.2) is 17.8 Å². The first-order chi connectivity index (χ1) is 7.34. The minimum absolute atomic E-state index is 0.0113. The highest BCUT2D eigenvalue weighted by atomic mass is 79.9. The Balaban J connectivity index is 2.79. The molecule has 0 bridgehead atoms. The van der Waals surface area contributed by atoms with E-state index in [-0.39, 0.29) is 22.2 Å². The van der Waals surface area contributed by atoms with Crippen LogP contribution in [-0.4, -0.2) is 36.0 Å². The quantitative estimate of drug-likeness (QED) is 0.769. The number of aromatic nitrogens is 3. The molecule has 9 heteroatoms. The predicted molar refractivity (Wildman–Crippen MR) is 62.2 cm³/mol. The van der Waals surface area contributed by atoms with Gasteiger partial charge in [0.2, 0.25) is 5.03 Å². The first kappa shape index (κ1) is 13.6. The average molecular weight is 312 g/mol. The molecule has 0 aliphatic rings. The molecule has 0 aliphatic carbocycles. The van der Waals surface area contributed by atoms with Crippen molar-refractivity contribution >= 4 is 26.0 Å². The van der Waals surface area contributed by atoms with Gasteiger partial charge in [0.1, 0.15) is 0 Å². The number of sulfonamides is 1. The molecule has 7 nitrogen and oxygen atoms in total. The van der Waals surface area contributed by atoms with E-state index in [9.17, 15) is 8.42 Å². The Morgan fingerprint density at radius 2 is 2.25 bits per heavy atom. The van der Waals surface area contributed by atoms with Crippen molar-refractivity contribution in [2.45, 2.75) is 24.4 Å². The summed E-state index contributed by atoms with van der Waals surface area (Å²) in [5, 5.41) is 7.22. The SMILES string of the molecule is CC(N)CCNS(=O)(=O)c1c(Br)nnn1C. The second-order valence-electron chi connectivity index (χ2n) is 3.47. The molecule has 0 saturated heterocycles. The second-order valence-corrected chi connectivity index (χ2v) is 5.91. The zero-order chi connectivity index (χ0) is 12.3. The number of nitrogens with two attached hydrogens (primary N) is 1. The Bertz CT molecular complexity index is 436. The Labute approximate surface area is 103 Å². The Morgan fingerprint density at radius 3 is 2.69 bits per heavy atom. The van der Waals surface area contributed by atoms with Crippen LogP contribution in [0.25, 0.3) is 0 Å². The maximum Gasteiger partial charge on any atom is 0.260 e. The molecule has 0 amide bonds. The average Bonchev–Trinajstić information content (AvgIpc) is 2.45. The summed E-state index contributed by atoms with van der Waals surface area (Å²) in [7, 11) is -2.08. The van der Waals surface area contributed by atoms with Crippen molar-refractivity contribution in [3.8, 4) is 0 Å². The second kappa shape index (κ2) is 5.21. The lowest BCUT2D eigenvalue weighted by Crippen LogP contribution is -2.30.